The molecule has 0 spiro atoms. The Labute approximate surface area is 876 Å². The van der Waals surface area contributed by atoms with Gasteiger partial charge in [0.05, 0.1) is 36.9 Å². The lowest BCUT2D eigenvalue weighted by molar-refractivity contribution is 0.0443. The number of amides is 6. The van der Waals surface area contributed by atoms with Gasteiger partial charge < -0.3 is 90.1 Å². The Kier molecular flexibility index (Phi) is 51.8. The van der Waals surface area contributed by atoms with Gasteiger partial charge in [0, 0.05) is 137 Å². The number of nitrogens with two attached hydrogens (primary N) is 2. The minimum atomic E-state index is -3.49. The van der Waals surface area contributed by atoms with Crippen LogP contribution in [-0.4, -0.2) is 221 Å². The van der Waals surface area contributed by atoms with Crippen LogP contribution >= 0.6 is 0 Å². The highest BCUT2D eigenvalue weighted by atomic mass is 32.2. The molecule has 148 heavy (non-hydrogen) atoms. The molecule has 32 heteroatoms. The van der Waals surface area contributed by atoms with Gasteiger partial charge in [-0.2, -0.15) is 16.8 Å². The molecule has 0 aromatic heterocycles. The van der Waals surface area contributed by atoms with Crippen molar-refractivity contribution >= 4 is 79.5 Å². The molecule has 0 unspecified atom stereocenters. The molecule has 16 rings (SSSR count). The molecule has 0 aliphatic carbocycles. The van der Waals surface area contributed by atoms with E-state index in [1.165, 1.54) is 0 Å². The molecule has 6 aliphatic rings. The maximum Gasteiger partial charge on any atom is 0.410 e. The van der Waals surface area contributed by atoms with Crippen molar-refractivity contribution < 1.29 is 92.6 Å². The first kappa shape index (κ1) is 118. The predicted molar refractivity (Wildman–Crippen MR) is 580 cm³/mol. The van der Waals surface area contributed by atoms with Crippen LogP contribution in [0.5, 0.6) is 0 Å². The molecule has 0 bridgehead atoms. The largest absolute Gasteiger partial charge is 0.445 e. The Balaban J connectivity index is 0.000000192. The lowest BCUT2D eigenvalue weighted by Gasteiger charge is -2.35. The van der Waals surface area contributed by atoms with Crippen LogP contribution in [-0.2, 0) is 96.7 Å². The van der Waals surface area contributed by atoms with Gasteiger partial charge in [0.2, 0.25) is 0 Å². The summed E-state index contributed by atoms with van der Waals surface area (Å²) >= 11 is 0. The number of rotatable bonds is 26. The lowest BCUT2D eigenvalue weighted by atomic mass is 9.91. The Hall–Kier alpha value is -13.2. The number of anilines is 4. The second-order valence-corrected chi connectivity index (χ2v) is 41.4. The number of para-hydroxylation sites is 4. The lowest BCUT2D eigenvalue weighted by Crippen LogP contribution is -2.44. The number of ether oxygens (including phenoxy) is 6. The molecule has 0 saturated carbocycles. The molecule has 6 fully saturated rings. The minimum Gasteiger partial charge on any atom is -0.445 e. The third-order valence-electron chi connectivity index (χ3n) is 26.2. The maximum absolute atomic E-state index is 12.4. The highest BCUT2D eigenvalue weighted by Gasteiger charge is 2.36. The van der Waals surface area contributed by atoms with Crippen molar-refractivity contribution in [3.8, 4) is 0 Å². The summed E-state index contributed by atoms with van der Waals surface area (Å²) in [7, 11) is -6.98. The topological polar surface area (TPSA) is 381 Å². The molecule has 6 aliphatic heterocycles. The summed E-state index contributed by atoms with van der Waals surface area (Å²) in [5, 5.41) is 26.3. The van der Waals surface area contributed by atoms with Crippen LogP contribution < -0.4 is 22.1 Å². The van der Waals surface area contributed by atoms with E-state index in [1.807, 2.05) is 289 Å². The number of likely N-dealkylation sites (tertiary alicyclic amines) is 6. The second kappa shape index (κ2) is 64.8. The van der Waals surface area contributed by atoms with Gasteiger partial charge in [-0.15, -0.1) is 0 Å². The average Bonchev–Trinajstić information content (AvgIpc) is 0.925. The fraction of sp³-hybridized carbons (Fsp3) is 0.431. The highest BCUT2D eigenvalue weighted by Crippen LogP contribution is 2.30. The van der Waals surface area contributed by atoms with Gasteiger partial charge in [0.25, 0.3) is 20.2 Å². The summed E-state index contributed by atoms with van der Waals surface area (Å²) in [4.78, 5) is 83.4. The van der Waals surface area contributed by atoms with Crippen LogP contribution in [0.1, 0.15) is 152 Å². The molecule has 8 N–H and O–H groups in total. The number of carbonyl (C=O) groups excluding carboxylic acids is 6. The molecule has 0 radical (unpaired) electrons. The van der Waals surface area contributed by atoms with Gasteiger partial charge in [0.1, 0.15) is 39.6 Å². The van der Waals surface area contributed by atoms with Crippen molar-refractivity contribution in [1.82, 2.24) is 29.4 Å². The number of hydrogen-bond donors (Lipinski definition) is 6. The van der Waals surface area contributed by atoms with Crippen molar-refractivity contribution in [2.45, 2.75) is 195 Å². The van der Waals surface area contributed by atoms with Crippen molar-refractivity contribution in [2.24, 2.45) is 35.5 Å². The summed E-state index contributed by atoms with van der Waals surface area (Å²) < 4.78 is 87.2. The van der Waals surface area contributed by atoms with Crippen molar-refractivity contribution in [2.75, 3.05) is 113 Å². The van der Waals surface area contributed by atoms with E-state index in [1.54, 1.807) is 47.3 Å². The second-order valence-electron chi connectivity index (χ2n) is 38.2. The number of carbonyl (C=O) groups is 6. The van der Waals surface area contributed by atoms with Crippen LogP contribution in [0.25, 0.3) is 0 Å². The van der Waals surface area contributed by atoms with Gasteiger partial charge >= 0.3 is 36.6 Å². The summed E-state index contributed by atoms with van der Waals surface area (Å²) in [6.07, 6.45) is 10.1. The molecule has 10 aromatic rings. The molecule has 800 valence electrons. The first-order valence-electron chi connectivity index (χ1n) is 51.4. The van der Waals surface area contributed by atoms with Crippen LogP contribution in [0.4, 0.5) is 51.5 Å². The van der Waals surface area contributed by atoms with E-state index in [2.05, 4.69) is 48.7 Å². The molecule has 10 aromatic carbocycles. The molecule has 30 nitrogen and oxygen atoms in total. The maximum atomic E-state index is 12.4. The van der Waals surface area contributed by atoms with E-state index in [-0.39, 0.29) is 85.7 Å². The number of aliphatic hydroxyl groups is 2. The fourth-order valence-electron chi connectivity index (χ4n) is 17.7. The van der Waals surface area contributed by atoms with Crippen LogP contribution in [0.2, 0.25) is 0 Å². The minimum absolute atomic E-state index is 0.0113. The van der Waals surface area contributed by atoms with Crippen LogP contribution in [0.3, 0.4) is 0 Å². The van der Waals surface area contributed by atoms with E-state index in [9.17, 15) is 55.8 Å². The first-order valence-corrected chi connectivity index (χ1v) is 55.0. The van der Waals surface area contributed by atoms with E-state index in [0.29, 0.717) is 89.6 Å². The van der Waals surface area contributed by atoms with E-state index in [4.69, 9.17) is 48.3 Å². The monoisotopic (exact) mass is 2070 g/mol. The fourth-order valence-corrected chi connectivity index (χ4v) is 19.2. The third kappa shape index (κ3) is 46.4. The first-order chi connectivity index (χ1) is 71.3. The molecule has 6 saturated heterocycles. The Morgan fingerprint density at radius 3 is 0.628 bits per heavy atom. The van der Waals surface area contributed by atoms with Crippen molar-refractivity contribution in [1.29, 1.82) is 0 Å². The summed E-state index contributed by atoms with van der Waals surface area (Å²) in [5.41, 5.74) is 20.5. The number of hydrogen-bond acceptors (Lipinski definition) is 24. The third-order valence-corrected chi connectivity index (χ3v) is 27.5. The quantitative estimate of drug-likeness (QED) is 0.0167. The van der Waals surface area contributed by atoms with Crippen molar-refractivity contribution in [3.63, 3.8) is 0 Å². The standard InChI is InChI=1S/2C21H26N2O2.2C16H23NO5S.2C15H21NO3.2C6H7N/c2*1-17(22-20-12-6-3-7-13-20)19-11-8-14-23(15-19)21(24)25-16-18-9-4-2-5-10-18;2*1-13(22-23(2,19)20)15-9-6-10-17(11-15)16(18)21-12-14-7-4-3-5-8-14;2*1-12(17)14-8-5-9-16(10-14)15(18)19-11-13-6-3-2-4-7-13;2*7-6-4-2-1-3-5-6/h2*2-7,9-10,12-13,17,19,22H,8,11,14-16H2,1H3;2*3-5,7-8,13,15H,6,9-12H2,1-2H3;2*2-4,6-7,12,14,17H,5,8-11H2,1H3;2*1-5H,7H2/t17-,19+;17-,19-;13-,15+;13-,15-;12-,14+;12-,14-;;/m101010../s1. The Bertz CT molecular complexity index is 5300. The zero-order chi connectivity index (χ0) is 106. The Morgan fingerprint density at radius 2 is 0.446 bits per heavy atom. The predicted octanol–water partition coefficient (Wildman–Crippen LogP) is 21.2. The summed E-state index contributed by atoms with van der Waals surface area (Å²) in [6.45, 7) is 20.9. The van der Waals surface area contributed by atoms with E-state index >= 15 is 0 Å². The SMILES string of the molecule is C[C@@H](Nc1ccccc1)[C@H]1CCCN(C(=O)OCc2ccccc2)C1.C[C@@H](O)[C@H]1CCCN(C(=O)OCc2ccccc2)C1.C[C@@H](OS(C)(=O)=O)[C@H]1CCCN(C(=O)OCc2ccccc2)C1.C[C@H](Nc1ccccc1)[C@H]1CCCN(C(=O)OCc2ccccc2)C1.C[C@H](O)[C@H]1CCCN(C(=O)OCc2ccccc2)C1.C[C@H](OS(C)(=O)=O)[C@H]1CCCN(C(=O)OCc2ccccc2)C1.Nc1ccccc1.Nc1ccccc1. The number of nitrogen functional groups attached to an aromatic ring is 2. The summed E-state index contributed by atoms with van der Waals surface area (Å²) in [5.74, 6) is 1.16. The van der Waals surface area contributed by atoms with Crippen molar-refractivity contribution in [3.05, 3.63) is 337 Å². The van der Waals surface area contributed by atoms with E-state index < -0.39 is 32.4 Å². The van der Waals surface area contributed by atoms with Gasteiger partial charge in [-0.1, -0.05) is 255 Å². The van der Waals surface area contributed by atoms with Gasteiger partial charge in [-0.05, 0) is 212 Å². The van der Waals surface area contributed by atoms with Gasteiger partial charge in [0.15, 0.2) is 0 Å². The highest BCUT2D eigenvalue weighted by molar-refractivity contribution is 7.86. The normalized spacial score (nSPS) is 18.7. The number of nitrogens with zero attached hydrogens (tertiary/aromatic N) is 6. The zero-order valence-electron chi connectivity index (χ0n) is 86.9. The number of aliphatic hydroxyl groups excluding tert-OH is 2. The number of nitrogens with one attached hydrogen (secondary N) is 2. The molecular weight excluding hydrogens is 1920 g/mol. The van der Waals surface area contributed by atoms with Gasteiger partial charge in [-0.25, -0.2) is 28.8 Å². The number of benzene rings is 10. The molecule has 6 amide bonds. The summed E-state index contributed by atoms with van der Waals surface area (Å²) in [6, 6.07) is 97.9. The van der Waals surface area contributed by atoms with Crippen LogP contribution in [0, 0.1) is 35.5 Å². The molecular formula is C116H154N10O20S2. The zero-order valence-corrected chi connectivity index (χ0v) is 88.5. The smallest absolute Gasteiger partial charge is 0.410 e. The number of piperidine rings is 6. The Morgan fingerprint density at radius 1 is 0.277 bits per heavy atom. The molecule has 6 heterocycles. The van der Waals surface area contributed by atoms with Gasteiger partial charge in [-0.3, -0.25) is 8.37 Å². The average molecular weight is 2070 g/mol. The van der Waals surface area contributed by atoms with E-state index in [0.717, 1.165) is 185 Å². The van der Waals surface area contributed by atoms with Crippen LogP contribution in [0.15, 0.2) is 303 Å². The molecule has 12 atom stereocenters.